The summed E-state index contributed by atoms with van der Waals surface area (Å²) in [5.74, 6) is 0.773. The van der Waals surface area contributed by atoms with Crippen LogP contribution in [0.5, 0.6) is 11.5 Å². The van der Waals surface area contributed by atoms with E-state index in [9.17, 15) is 4.79 Å². The lowest BCUT2D eigenvalue weighted by atomic mass is 10.1. The van der Waals surface area contributed by atoms with E-state index in [0.717, 1.165) is 0 Å². The maximum Gasteiger partial charge on any atom is 0.363 e. The molecule has 1 aliphatic heterocycles. The summed E-state index contributed by atoms with van der Waals surface area (Å²) in [6.07, 6.45) is 1.60. The summed E-state index contributed by atoms with van der Waals surface area (Å²) in [7, 11) is 3.08. The molecule has 24 heavy (non-hydrogen) atoms. The van der Waals surface area contributed by atoms with Gasteiger partial charge in [0, 0.05) is 16.1 Å². The van der Waals surface area contributed by atoms with Crippen molar-refractivity contribution in [2.24, 2.45) is 4.99 Å². The molecule has 2 aromatic rings. The number of cyclic esters (lactones) is 1. The monoisotopic (exact) mass is 343 g/mol. The molecule has 0 aromatic heterocycles. The van der Waals surface area contributed by atoms with Crippen molar-refractivity contribution >= 4 is 29.5 Å². The quantitative estimate of drug-likeness (QED) is 0.627. The summed E-state index contributed by atoms with van der Waals surface area (Å²) >= 11 is 5.96. The maximum absolute atomic E-state index is 12.1. The number of carbonyl (C=O) groups excluding carboxylic acids is 1. The van der Waals surface area contributed by atoms with Crippen LogP contribution in [0.2, 0.25) is 5.02 Å². The summed E-state index contributed by atoms with van der Waals surface area (Å²) in [6, 6.07) is 12.3. The standard InChI is InChI=1S/C18H14ClNO4/c1-22-15-8-4-5-11(16(15)23-2)10-14-18(21)24-17(20-14)12-6-3-7-13(19)9-12/h3-10H,1-2H3. The zero-order valence-corrected chi connectivity index (χ0v) is 13.8. The molecule has 1 aliphatic rings. The van der Waals surface area contributed by atoms with Gasteiger partial charge in [0.1, 0.15) is 0 Å². The molecule has 0 fully saturated rings. The Labute approximate surface area is 144 Å². The van der Waals surface area contributed by atoms with Crippen molar-refractivity contribution in [3.05, 3.63) is 64.3 Å². The van der Waals surface area contributed by atoms with Gasteiger partial charge in [-0.1, -0.05) is 29.8 Å². The average molecular weight is 344 g/mol. The Hall–Kier alpha value is -2.79. The number of hydrogen-bond donors (Lipinski definition) is 0. The highest BCUT2D eigenvalue weighted by atomic mass is 35.5. The van der Waals surface area contributed by atoms with E-state index in [-0.39, 0.29) is 11.6 Å². The first-order chi connectivity index (χ1) is 11.6. The molecule has 0 saturated heterocycles. The van der Waals surface area contributed by atoms with Crippen LogP contribution >= 0.6 is 11.6 Å². The molecule has 0 N–H and O–H groups in total. The van der Waals surface area contributed by atoms with Gasteiger partial charge in [0.25, 0.3) is 0 Å². The highest BCUT2D eigenvalue weighted by molar-refractivity contribution is 6.31. The fraction of sp³-hybridized carbons (Fsp3) is 0.111. The summed E-state index contributed by atoms with van der Waals surface area (Å²) in [5, 5.41) is 0.540. The van der Waals surface area contributed by atoms with Crippen molar-refractivity contribution in [3.63, 3.8) is 0 Å². The minimum atomic E-state index is -0.533. The van der Waals surface area contributed by atoms with Gasteiger partial charge in [0.2, 0.25) is 5.90 Å². The minimum absolute atomic E-state index is 0.177. The molecule has 3 rings (SSSR count). The SMILES string of the molecule is COc1cccc(C=C2N=C(c3cccc(Cl)c3)OC2=O)c1OC. The molecule has 0 saturated carbocycles. The van der Waals surface area contributed by atoms with E-state index in [1.165, 1.54) is 7.11 Å². The van der Waals surface area contributed by atoms with Gasteiger partial charge in [-0.25, -0.2) is 9.79 Å². The van der Waals surface area contributed by atoms with Gasteiger partial charge in [-0.05, 0) is 30.3 Å². The first-order valence-corrected chi connectivity index (χ1v) is 7.49. The van der Waals surface area contributed by atoms with Gasteiger partial charge in [-0.15, -0.1) is 0 Å². The Balaban J connectivity index is 2.01. The molecular formula is C18H14ClNO4. The average Bonchev–Trinajstić information content (AvgIpc) is 2.95. The number of benzene rings is 2. The van der Waals surface area contributed by atoms with Crippen LogP contribution in [0.15, 0.2) is 53.2 Å². The number of esters is 1. The lowest BCUT2D eigenvalue weighted by Crippen LogP contribution is -2.05. The van der Waals surface area contributed by atoms with E-state index in [0.29, 0.717) is 27.6 Å². The van der Waals surface area contributed by atoms with Crippen LogP contribution in [0.4, 0.5) is 0 Å². The third kappa shape index (κ3) is 3.12. The first-order valence-electron chi connectivity index (χ1n) is 7.12. The van der Waals surface area contributed by atoms with E-state index < -0.39 is 5.97 Å². The largest absolute Gasteiger partial charge is 0.493 e. The van der Waals surface area contributed by atoms with Gasteiger partial charge in [-0.3, -0.25) is 0 Å². The second-order valence-electron chi connectivity index (χ2n) is 4.93. The third-order valence-corrected chi connectivity index (χ3v) is 3.65. The minimum Gasteiger partial charge on any atom is -0.493 e. The summed E-state index contributed by atoms with van der Waals surface area (Å²) in [6.45, 7) is 0. The smallest absolute Gasteiger partial charge is 0.363 e. The van der Waals surface area contributed by atoms with Crippen molar-refractivity contribution in [1.82, 2.24) is 0 Å². The molecule has 0 atom stereocenters. The van der Waals surface area contributed by atoms with Crippen molar-refractivity contribution in [2.75, 3.05) is 14.2 Å². The van der Waals surface area contributed by atoms with Crippen molar-refractivity contribution in [1.29, 1.82) is 0 Å². The predicted molar refractivity (Wildman–Crippen MR) is 91.6 cm³/mol. The van der Waals surface area contributed by atoms with Crippen LogP contribution in [-0.2, 0) is 9.53 Å². The summed E-state index contributed by atoms with van der Waals surface area (Å²) in [5.41, 5.74) is 1.48. The number of carbonyl (C=O) groups is 1. The fourth-order valence-electron chi connectivity index (χ4n) is 2.33. The maximum atomic E-state index is 12.1. The van der Waals surface area contributed by atoms with Gasteiger partial charge < -0.3 is 14.2 Å². The van der Waals surface area contributed by atoms with Gasteiger partial charge in [0.15, 0.2) is 17.2 Å². The lowest BCUT2D eigenvalue weighted by molar-refractivity contribution is -0.129. The number of hydrogen-bond acceptors (Lipinski definition) is 5. The highest BCUT2D eigenvalue weighted by Crippen LogP contribution is 2.33. The van der Waals surface area contributed by atoms with Crippen LogP contribution in [0, 0.1) is 0 Å². The van der Waals surface area contributed by atoms with Crippen LogP contribution in [0.1, 0.15) is 11.1 Å². The van der Waals surface area contributed by atoms with Gasteiger partial charge >= 0.3 is 5.97 Å². The second kappa shape index (κ2) is 6.76. The third-order valence-electron chi connectivity index (χ3n) is 3.42. The molecule has 5 nitrogen and oxygen atoms in total. The van der Waals surface area contributed by atoms with Crippen LogP contribution in [0.25, 0.3) is 6.08 Å². The van der Waals surface area contributed by atoms with Crippen molar-refractivity contribution in [2.45, 2.75) is 0 Å². The van der Waals surface area contributed by atoms with Crippen LogP contribution < -0.4 is 9.47 Å². The zero-order chi connectivity index (χ0) is 17.1. The van der Waals surface area contributed by atoms with Crippen molar-refractivity contribution in [3.8, 4) is 11.5 Å². The van der Waals surface area contributed by atoms with E-state index in [2.05, 4.69) is 4.99 Å². The Kier molecular flexibility index (Phi) is 4.53. The molecule has 0 bridgehead atoms. The fourth-order valence-corrected chi connectivity index (χ4v) is 2.52. The Morgan fingerprint density at radius 1 is 1.12 bits per heavy atom. The van der Waals surface area contributed by atoms with E-state index in [1.54, 1.807) is 55.7 Å². The number of methoxy groups -OCH3 is 2. The molecule has 1 heterocycles. The molecule has 6 heteroatoms. The number of nitrogens with zero attached hydrogens (tertiary/aromatic N) is 1. The van der Waals surface area contributed by atoms with Crippen LogP contribution in [0.3, 0.4) is 0 Å². The van der Waals surface area contributed by atoms with E-state index in [1.807, 2.05) is 0 Å². The predicted octanol–water partition coefficient (Wildman–Crippen LogP) is 3.70. The number of halogens is 1. The highest BCUT2D eigenvalue weighted by Gasteiger charge is 2.25. The number of rotatable bonds is 4. The molecular weight excluding hydrogens is 330 g/mol. The molecule has 0 spiro atoms. The molecule has 0 radical (unpaired) electrons. The summed E-state index contributed by atoms with van der Waals surface area (Å²) in [4.78, 5) is 16.3. The van der Waals surface area contributed by atoms with Crippen molar-refractivity contribution < 1.29 is 19.0 Å². The second-order valence-corrected chi connectivity index (χ2v) is 5.37. The molecule has 122 valence electrons. The van der Waals surface area contributed by atoms with E-state index in [4.69, 9.17) is 25.8 Å². The summed E-state index contributed by atoms with van der Waals surface area (Å²) < 4.78 is 15.8. The Morgan fingerprint density at radius 3 is 2.62 bits per heavy atom. The van der Waals surface area contributed by atoms with E-state index >= 15 is 0 Å². The molecule has 0 amide bonds. The zero-order valence-electron chi connectivity index (χ0n) is 13.1. The first kappa shape index (κ1) is 16.1. The Bertz CT molecular complexity index is 858. The normalized spacial score (nSPS) is 15.2. The Morgan fingerprint density at radius 2 is 1.92 bits per heavy atom. The number of ether oxygens (including phenoxy) is 3. The van der Waals surface area contributed by atoms with Crippen LogP contribution in [-0.4, -0.2) is 26.1 Å². The van der Waals surface area contributed by atoms with Gasteiger partial charge in [-0.2, -0.15) is 0 Å². The van der Waals surface area contributed by atoms with Gasteiger partial charge in [0.05, 0.1) is 14.2 Å². The molecule has 0 aliphatic carbocycles. The topological polar surface area (TPSA) is 57.1 Å². The molecule has 0 unspecified atom stereocenters. The lowest BCUT2D eigenvalue weighted by Gasteiger charge is -2.09. The number of aliphatic imine (C=N–C) groups is 1. The molecule has 2 aromatic carbocycles. The number of para-hydroxylation sites is 1.